The molecule has 0 bridgehead atoms. The third-order valence-electron chi connectivity index (χ3n) is 3.84. The van der Waals surface area contributed by atoms with Crippen molar-refractivity contribution in [3.63, 3.8) is 0 Å². The molecule has 116 valence electrons. The van der Waals surface area contributed by atoms with Crippen molar-refractivity contribution < 1.29 is 9.53 Å². The first-order valence-electron chi connectivity index (χ1n) is 7.28. The second-order valence-electron chi connectivity index (χ2n) is 5.30. The molecule has 0 aliphatic carbocycles. The van der Waals surface area contributed by atoms with Crippen LogP contribution in [0.5, 0.6) is 0 Å². The molecule has 0 N–H and O–H groups in total. The molecule has 0 unspecified atom stereocenters. The molecule has 1 aliphatic rings. The highest BCUT2D eigenvalue weighted by Crippen LogP contribution is 2.26. The van der Waals surface area contributed by atoms with Gasteiger partial charge in [0.2, 0.25) is 0 Å². The molecule has 2 aromatic rings. The first-order chi connectivity index (χ1) is 10.7. The second kappa shape index (κ2) is 6.50. The van der Waals surface area contributed by atoms with Crippen molar-refractivity contribution in [1.82, 2.24) is 14.7 Å². The normalized spacial score (nSPS) is 14.3. The second-order valence-corrected chi connectivity index (χ2v) is 5.65. The van der Waals surface area contributed by atoms with E-state index in [0.717, 1.165) is 17.5 Å². The van der Waals surface area contributed by atoms with Gasteiger partial charge < -0.3 is 9.64 Å². The number of fused-ring (bicyclic) bond motifs is 1. The molecule has 1 aromatic heterocycles. The summed E-state index contributed by atoms with van der Waals surface area (Å²) in [5, 5.41) is 5.01. The molecule has 5 nitrogen and oxygen atoms in total. The number of rotatable bonds is 5. The molecule has 22 heavy (non-hydrogen) atoms. The number of halogens is 1. The highest BCUT2D eigenvalue weighted by Gasteiger charge is 2.30. The number of benzene rings is 1. The first kappa shape index (κ1) is 15.1. The topological polar surface area (TPSA) is 47.4 Å². The summed E-state index contributed by atoms with van der Waals surface area (Å²) in [6, 6.07) is 9.96. The van der Waals surface area contributed by atoms with Gasteiger partial charge in [-0.05, 0) is 12.0 Å². The molecule has 2 heterocycles. The lowest BCUT2D eigenvalue weighted by Gasteiger charge is -2.25. The van der Waals surface area contributed by atoms with Gasteiger partial charge in [0, 0.05) is 25.8 Å². The van der Waals surface area contributed by atoms with Crippen LogP contribution in [0.15, 0.2) is 30.3 Å². The van der Waals surface area contributed by atoms with E-state index in [1.165, 1.54) is 0 Å². The van der Waals surface area contributed by atoms with E-state index in [4.69, 9.17) is 16.3 Å². The summed E-state index contributed by atoms with van der Waals surface area (Å²) in [5.74, 6) is -0.0630. The number of amides is 1. The monoisotopic (exact) mass is 319 g/mol. The van der Waals surface area contributed by atoms with Crippen molar-refractivity contribution in [2.75, 3.05) is 26.8 Å². The maximum atomic E-state index is 12.5. The fraction of sp³-hybridized carbons (Fsp3) is 0.375. The zero-order chi connectivity index (χ0) is 15.5. The van der Waals surface area contributed by atoms with E-state index < -0.39 is 0 Å². The summed E-state index contributed by atoms with van der Waals surface area (Å²) in [5.41, 5.74) is 2.44. The van der Waals surface area contributed by atoms with Gasteiger partial charge in [-0.15, -0.1) is 0 Å². The number of aromatic nitrogens is 2. The van der Waals surface area contributed by atoms with Crippen LogP contribution >= 0.6 is 11.6 Å². The smallest absolute Gasteiger partial charge is 0.274 e. The summed E-state index contributed by atoms with van der Waals surface area (Å²) in [6.45, 7) is 2.33. The van der Waals surface area contributed by atoms with Crippen LogP contribution < -0.4 is 0 Å². The van der Waals surface area contributed by atoms with Crippen LogP contribution in [0.25, 0.3) is 0 Å². The largest absolute Gasteiger partial charge is 0.383 e. The van der Waals surface area contributed by atoms with E-state index >= 15 is 0 Å². The van der Waals surface area contributed by atoms with Gasteiger partial charge in [-0.25, -0.2) is 4.68 Å². The molecular weight excluding hydrogens is 302 g/mol. The Morgan fingerprint density at radius 1 is 1.32 bits per heavy atom. The molecule has 0 spiro atoms. The van der Waals surface area contributed by atoms with Crippen LogP contribution in [-0.2, 0) is 17.7 Å². The lowest BCUT2D eigenvalue weighted by atomic mass is 10.1. The quantitative estimate of drug-likeness (QED) is 0.849. The van der Waals surface area contributed by atoms with Gasteiger partial charge in [0.05, 0.1) is 13.2 Å². The summed E-state index contributed by atoms with van der Waals surface area (Å²) >= 11 is 6.41. The molecule has 1 aromatic carbocycles. The van der Waals surface area contributed by atoms with Crippen LogP contribution in [0.2, 0.25) is 5.15 Å². The molecule has 0 saturated heterocycles. The zero-order valence-corrected chi connectivity index (χ0v) is 13.2. The van der Waals surface area contributed by atoms with Gasteiger partial charge in [-0.3, -0.25) is 4.79 Å². The fourth-order valence-corrected chi connectivity index (χ4v) is 2.93. The van der Waals surface area contributed by atoms with E-state index in [2.05, 4.69) is 5.10 Å². The maximum Gasteiger partial charge on any atom is 0.274 e. The summed E-state index contributed by atoms with van der Waals surface area (Å²) in [7, 11) is 1.63. The highest BCUT2D eigenvalue weighted by molar-refractivity contribution is 6.31. The van der Waals surface area contributed by atoms with Crippen molar-refractivity contribution in [1.29, 1.82) is 0 Å². The van der Waals surface area contributed by atoms with Gasteiger partial charge in [-0.2, -0.15) is 5.10 Å². The Hall–Kier alpha value is -1.85. The van der Waals surface area contributed by atoms with Crippen molar-refractivity contribution in [2.45, 2.75) is 13.0 Å². The average Bonchev–Trinajstić information content (AvgIpc) is 2.85. The number of hydrogen-bond acceptors (Lipinski definition) is 3. The van der Waals surface area contributed by atoms with E-state index in [1.807, 2.05) is 30.3 Å². The number of carbonyl (C=O) groups is 1. The fourth-order valence-electron chi connectivity index (χ4n) is 2.65. The van der Waals surface area contributed by atoms with E-state index in [9.17, 15) is 4.79 Å². The third kappa shape index (κ3) is 2.87. The van der Waals surface area contributed by atoms with E-state index in [1.54, 1.807) is 16.7 Å². The number of hydrogen-bond donors (Lipinski definition) is 0. The number of ether oxygens (including phenoxy) is 1. The van der Waals surface area contributed by atoms with Crippen LogP contribution in [0, 0.1) is 0 Å². The Kier molecular flexibility index (Phi) is 4.45. The van der Waals surface area contributed by atoms with Gasteiger partial charge in [-0.1, -0.05) is 41.9 Å². The lowest BCUT2D eigenvalue weighted by Crippen LogP contribution is -2.39. The predicted molar refractivity (Wildman–Crippen MR) is 84.3 cm³/mol. The molecule has 0 fully saturated rings. The third-order valence-corrected chi connectivity index (χ3v) is 4.27. The van der Waals surface area contributed by atoms with Crippen molar-refractivity contribution in [3.05, 3.63) is 52.3 Å². The molecular formula is C16H18ClN3O2. The molecule has 0 radical (unpaired) electrons. The van der Waals surface area contributed by atoms with Crippen LogP contribution in [0.4, 0.5) is 0 Å². The van der Waals surface area contributed by atoms with E-state index in [0.29, 0.717) is 37.1 Å². The van der Waals surface area contributed by atoms with Gasteiger partial charge in [0.15, 0.2) is 5.69 Å². The Labute approximate surface area is 134 Å². The molecule has 6 heteroatoms. The predicted octanol–water partition coefficient (Wildman–Crippen LogP) is 2.23. The Morgan fingerprint density at radius 2 is 2.09 bits per heavy atom. The number of carbonyl (C=O) groups excluding carboxylic acids is 1. The van der Waals surface area contributed by atoms with Gasteiger partial charge >= 0.3 is 0 Å². The van der Waals surface area contributed by atoms with Crippen LogP contribution in [-0.4, -0.2) is 47.4 Å². The maximum absolute atomic E-state index is 12.5. The minimum Gasteiger partial charge on any atom is -0.383 e. The summed E-state index contributed by atoms with van der Waals surface area (Å²) in [6.07, 6.45) is 0.735. The Bertz CT molecular complexity index is 670. The van der Waals surface area contributed by atoms with Gasteiger partial charge in [0.1, 0.15) is 5.15 Å². The minimum atomic E-state index is -0.0630. The zero-order valence-electron chi connectivity index (χ0n) is 12.5. The first-order valence-corrected chi connectivity index (χ1v) is 7.66. The number of methoxy groups -OCH3 is 1. The standard InChI is InChI=1S/C16H18ClN3O2/c1-22-10-9-19-8-7-13-14(16(19)21)18-20(15(13)17)11-12-5-3-2-4-6-12/h2-6H,7-11H2,1H3. The molecule has 3 rings (SSSR count). The number of nitrogens with zero attached hydrogens (tertiary/aromatic N) is 3. The Morgan fingerprint density at radius 3 is 2.82 bits per heavy atom. The molecule has 1 amide bonds. The van der Waals surface area contributed by atoms with Crippen molar-refractivity contribution >= 4 is 17.5 Å². The van der Waals surface area contributed by atoms with E-state index in [-0.39, 0.29) is 5.91 Å². The lowest BCUT2D eigenvalue weighted by molar-refractivity contribution is 0.0672. The van der Waals surface area contributed by atoms with Crippen LogP contribution in [0.1, 0.15) is 21.6 Å². The summed E-state index contributed by atoms with van der Waals surface area (Å²) < 4.78 is 6.75. The van der Waals surface area contributed by atoms with Crippen molar-refractivity contribution in [3.8, 4) is 0 Å². The Balaban J connectivity index is 1.84. The van der Waals surface area contributed by atoms with Crippen LogP contribution in [0.3, 0.4) is 0 Å². The average molecular weight is 320 g/mol. The minimum absolute atomic E-state index is 0.0630. The van der Waals surface area contributed by atoms with Gasteiger partial charge in [0.25, 0.3) is 5.91 Å². The molecule has 0 atom stereocenters. The SMILES string of the molecule is COCCN1CCc2c(nn(Cc3ccccc3)c2Cl)C1=O. The van der Waals surface area contributed by atoms with Crippen molar-refractivity contribution in [2.24, 2.45) is 0 Å². The highest BCUT2D eigenvalue weighted by atomic mass is 35.5. The summed E-state index contributed by atoms with van der Waals surface area (Å²) in [4.78, 5) is 14.2. The molecule has 0 saturated carbocycles. The molecule has 1 aliphatic heterocycles.